The van der Waals surface area contributed by atoms with Crippen molar-refractivity contribution in [2.45, 2.75) is 12.6 Å². The van der Waals surface area contributed by atoms with Gasteiger partial charge in [-0.2, -0.15) is 13.2 Å². The van der Waals surface area contributed by atoms with E-state index in [9.17, 15) is 22.8 Å². The largest absolute Gasteiger partial charge is 0.417 e. The van der Waals surface area contributed by atoms with Crippen LogP contribution in [0, 0.1) is 0 Å². The molecule has 2 N–H and O–H groups in total. The van der Waals surface area contributed by atoms with Gasteiger partial charge < -0.3 is 10.6 Å². The normalized spacial score (nSPS) is 11.1. The minimum Gasteiger partial charge on any atom is -0.347 e. The van der Waals surface area contributed by atoms with Crippen LogP contribution in [0.1, 0.15) is 11.1 Å². The van der Waals surface area contributed by atoms with Gasteiger partial charge in [0, 0.05) is 17.3 Å². The second kappa shape index (κ2) is 8.42. The molecule has 0 spiro atoms. The molecule has 0 fully saturated rings. The number of anilines is 1. The Bertz CT molecular complexity index is 809. The van der Waals surface area contributed by atoms with E-state index in [1.807, 2.05) is 0 Å². The van der Waals surface area contributed by atoms with E-state index in [-0.39, 0.29) is 12.2 Å². The fraction of sp³-hybridized carbons (Fsp3) is 0.176. The average Bonchev–Trinajstić information content (AvgIpc) is 2.57. The van der Waals surface area contributed by atoms with Crippen LogP contribution in [0.4, 0.5) is 18.9 Å². The Labute approximate surface area is 157 Å². The van der Waals surface area contributed by atoms with Gasteiger partial charge in [0.1, 0.15) is 0 Å². The Balaban J connectivity index is 1.90. The zero-order chi connectivity index (χ0) is 19.3. The van der Waals surface area contributed by atoms with Gasteiger partial charge in [-0.15, -0.1) is 0 Å². The maximum absolute atomic E-state index is 12.8. The van der Waals surface area contributed by atoms with Crippen molar-refractivity contribution in [3.8, 4) is 0 Å². The predicted molar refractivity (Wildman–Crippen MR) is 93.2 cm³/mol. The summed E-state index contributed by atoms with van der Waals surface area (Å²) in [7, 11) is 0. The van der Waals surface area contributed by atoms with E-state index in [4.69, 9.17) is 23.2 Å². The van der Waals surface area contributed by atoms with Gasteiger partial charge in [0.25, 0.3) is 0 Å². The molecule has 0 heterocycles. The number of hydrogen-bond donors (Lipinski definition) is 2. The molecule has 2 amide bonds. The molecule has 0 atom stereocenters. The quantitative estimate of drug-likeness (QED) is 0.745. The molecule has 2 aromatic rings. The summed E-state index contributed by atoms with van der Waals surface area (Å²) in [4.78, 5) is 23.5. The third-order valence-electron chi connectivity index (χ3n) is 3.35. The minimum atomic E-state index is -4.67. The van der Waals surface area contributed by atoms with Crippen LogP contribution in [0.25, 0.3) is 0 Å². The third-order valence-corrected chi connectivity index (χ3v) is 3.93. The molecule has 0 aliphatic heterocycles. The number of carbonyl (C=O) groups is 2. The first-order valence-electron chi connectivity index (χ1n) is 7.37. The summed E-state index contributed by atoms with van der Waals surface area (Å²) < 4.78 is 38.4. The Kier molecular flexibility index (Phi) is 6.50. The van der Waals surface area contributed by atoms with E-state index in [0.717, 1.165) is 11.6 Å². The molecule has 26 heavy (non-hydrogen) atoms. The smallest absolute Gasteiger partial charge is 0.347 e. The fourth-order valence-corrected chi connectivity index (χ4v) is 2.41. The summed E-state index contributed by atoms with van der Waals surface area (Å²) in [5.41, 5.74) is -0.373. The minimum absolute atomic E-state index is 0.181. The van der Waals surface area contributed by atoms with Crippen molar-refractivity contribution in [2.75, 3.05) is 11.9 Å². The number of halogens is 5. The highest BCUT2D eigenvalue weighted by atomic mass is 35.5. The van der Waals surface area contributed by atoms with Gasteiger partial charge >= 0.3 is 18.0 Å². The number of hydrogen-bond acceptors (Lipinski definition) is 2. The average molecular weight is 405 g/mol. The molecule has 0 aromatic heterocycles. The molecule has 4 nitrogen and oxygen atoms in total. The number of carbonyl (C=O) groups excluding carboxylic acids is 2. The van der Waals surface area contributed by atoms with Crippen LogP contribution in [-0.2, 0) is 22.2 Å². The summed E-state index contributed by atoms with van der Waals surface area (Å²) in [5.74, 6) is -2.03. The van der Waals surface area contributed by atoms with E-state index in [2.05, 4.69) is 10.6 Å². The summed E-state index contributed by atoms with van der Waals surface area (Å²) in [6, 6.07) is 9.80. The number of nitrogens with one attached hydrogen (secondary N) is 2. The number of alkyl halides is 3. The molecule has 0 radical (unpaired) electrons. The molecule has 0 saturated carbocycles. The predicted octanol–water partition coefficient (Wildman–Crippen LogP) is 4.31. The highest BCUT2D eigenvalue weighted by Crippen LogP contribution is 2.36. The van der Waals surface area contributed by atoms with Crippen LogP contribution in [0.3, 0.4) is 0 Å². The lowest BCUT2D eigenvalue weighted by atomic mass is 10.1. The second-order valence-electron chi connectivity index (χ2n) is 5.28. The lowest BCUT2D eigenvalue weighted by Gasteiger charge is -2.11. The van der Waals surface area contributed by atoms with Gasteiger partial charge in [-0.1, -0.05) is 35.3 Å². The monoisotopic (exact) mass is 404 g/mol. The van der Waals surface area contributed by atoms with Gasteiger partial charge in [-0.25, -0.2) is 0 Å². The highest BCUT2D eigenvalue weighted by Gasteiger charge is 2.33. The number of amides is 2. The fourth-order valence-electron chi connectivity index (χ4n) is 2.06. The van der Waals surface area contributed by atoms with Crippen LogP contribution >= 0.6 is 23.2 Å². The Hall–Kier alpha value is -2.25. The second-order valence-corrected chi connectivity index (χ2v) is 6.12. The topological polar surface area (TPSA) is 58.2 Å². The van der Waals surface area contributed by atoms with Gasteiger partial charge in [0.15, 0.2) is 0 Å². The van der Waals surface area contributed by atoms with Gasteiger partial charge in [-0.3, -0.25) is 9.59 Å². The van der Waals surface area contributed by atoms with Crippen molar-refractivity contribution in [3.05, 3.63) is 63.6 Å². The third kappa shape index (κ3) is 5.64. The van der Waals surface area contributed by atoms with Gasteiger partial charge in [-0.05, 0) is 42.3 Å². The summed E-state index contributed by atoms with van der Waals surface area (Å²) in [6.07, 6.45) is -4.20. The molecular weight excluding hydrogens is 392 g/mol. The first-order chi connectivity index (χ1) is 12.2. The molecular formula is C17H13Cl2F3N2O2. The Morgan fingerprint density at radius 1 is 0.962 bits per heavy atom. The zero-order valence-corrected chi connectivity index (χ0v) is 14.7. The molecule has 0 aliphatic rings. The highest BCUT2D eigenvalue weighted by molar-refractivity contribution is 6.39. The van der Waals surface area contributed by atoms with Crippen molar-refractivity contribution < 1.29 is 22.8 Å². The van der Waals surface area contributed by atoms with E-state index < -0.39 is 28.6 Å². The van der Waals surface area contributed by atoms with Crippen LogP contribution in [0.15, 0.2) is 42.5 Å². The Morgan fingerprint density at radius 3 is 2.23 bits per heavy atom. The number of rotatable bonds is 4. The van der Waals surface area contributed by atoms with Crippen LogP contribution in [0.2, 0.25) is 10.0 Å². The van der Waals surface area contributed by atoms with Crippen LogP contribution in [-0.4, -0.2) is 18.4 Å². The molecule has 2 rings (SSSR count). The SMILES string of the molecule is O=C(NCCc1ccc(Cl)cc1)C(=O)Nc1ccc(Cl)c(C(F)(F)F)c1. The van der Waals surface area contributed by atoms with Crippen LogP contribution in [0.5, 0.6) is 0 Å². The van der Waals surface area contributed by atoms with E-state index in [1.165, 1.54) is 6.07 Å². The molecule has 0 aliphatic carbocycles. The first-order valence-corrected chi connectivity index (χ1v) is 8.13. The molecule has 0 bridgehead atoms. The molecule has 0 saturated heterocycles. The summed E-state index contributed by atoms with van der Waals surface area (Å²) >= 11 is 11.3. The van der Waals surface area contributed by atoms with Crippen molar-refractivity contribution >= 4 is 40.7 Å². The van der Waals surface area contributed by atoms with Crippen molar-refractivity contribution in [1.29, 1.82) is 0 Å². The van der Waals surface area contributed by atoms with Crippen molar-refractivity contribution in [3.63, 3.8) is 0 Å². The van der Waals surface area contributed by atoms with Gasteiger partial charge in [0.2, 0.25) is 0 Å². The molecule has 2 aromatic carbocycles. The summed E-state index contributed by atoms with van der Waals surface area (Å²) in [6.45, 7) is 0.183. The maximum Gasteiger partial charge on any atom is 0.417 e. The lowest BCUT2D eigenvalue weighted by Crippen LogP contribution is -2.36. The molecule has 0 unspecified atom stereocenters. The van der Waals surface area contributed by atoms with Crippen LogP contribution < -0.4 is 10.6 Å². The maximum atomic E-state index is 12.8. The molecule has 9 heteroatoms. The molecule has 138 valence electrons. The van der Waals surface area contributed by atoms with Gasteiger partial charge in [0.05, 0.1) is 10.6 Å². The zero-order valence-electron chi connectivity index (χ0n) is 13.2. The van der Waals surface area contributed by atoms with E-state index in [1.54, 1.807) is 24.3 Å². The van der Waals surface area contributed by atoms with E-state index in [0.29, 0.717) is 17.5 Å². The standard InChI is InChI=1S/C17H13Cl2F3N2O2/c18-11-3-1-10(2-4-11)7-8-23-15(25)16(26)24-12-5-6-14(19)13(9-12)17(20,21)22/h1-6,9H,7-8H2,(H,23,25)(H,24,26). The lowest BCUT2D eigenvalue weighted by molar-refractivity contribution is -0.137. The number of benzene rings is 2. The van der Waals surface area contributed by atoms with Crippen molar-refractivity contribution in [2.24, 2.45) is 0 Å². The van der Waals surface area contributed by atoms with E-state index >= 15 is 0 Å². The van der Waals surface area contributed by atoms with Crippen molar-refractivity contribution in [1.82, 2.24) is 5.32 Å². The first kappa shape index (κ1) is 20.1. The summed E-state index contributed by atoms with van der Waals surface area (Å²) in [5, 5.41) is 4.58. The Morgan fingerprint density at radius 2 is 1.62 bits per heavy atom.